The van der Waals surface area contributed by atoms with E-state index in [9.17, 15) is 13.2 Å². The van der Waals surface area contributed by atoms with E-state index in [1.807, 2.05) is 0 Å². The Hall–Kier alpha value is -2.04. The van der Waals surface area contributed by atoms with Gasteiger partial charge in [-0.2, -0.15) is 0 Å². The quantitative estimate of drug-likeness (QED) is 0.885. The number of aromatic nitrogens is 1. The summed E-state index contributed by atoms with van der Waals surface area (Å²) in [4.78, 5) is 3.78. The minimum Gasteiger partial charge on any atom is -0.383 e. The van der Waals surface area contributed by atoms with Crippen molar-refractivity contribution in [3.8, 4) is 0 Å². The first kappa shape index (κ1) is 13.9. The third kappa shape index (κ3) is 3.35. The van der Waals surface area contributed by atoms with E-state index < -0.39 is 6.43 Å². The summed E-state index contributed by atoms with van der Waals surface area (Å²) in [5.74, 6) is 0.478. The number of nitrogens with one attached hydrogen (secondary N) is 1. The summed E-state index contributed by atoms with van der Waals surface area (Å²) in [5.41, 5.74) is 1.80. The zero-order chi connectivity index (χ0) is 14.8. The molecule has 0 saturated heterocycles. The van der Waals surface area contributed by atoms with Crippen LogP contribution in [0, 0.1) is 11.7 Å². The summed E-state index contributed by atoms with van der Waals surface area (Å²) in [7, 11) is 0. The summed E-state index contributed by atoms with van der Waals surface area (Å²) >= 11 is 0. The zero-order valence-electron chi connectivity index (χ0n) is 11.3. The minimum absolute atomic E-state index is 0.0555. The van der Waals surface area contributed by atoms with Crippen LogP contribution in [0.25, 0.3) is 0 Å². The van der Waals surface area contributed by atoms with Gasteiger partial charge in [-0.05, 0) is 23.8 Å². The van der Waals surface area contributed by atoms with Crippen molar-refractivity contribution in [1.82, 2.24) is 4.98 Å². The molecule has 0 spiro atoms. The number of alkyl halides is 2. The van der Waals surface area contributed by atoms with Crippen molar-refractivity contribution in [3.05, 3.63) is 59.7 Å². The molecule has 1 aliphatic rings. The SMILES string of the molecule is Fc1cncc(NCC2CC2c2ccc(C(F)F)cc2)c1. The summed E-state index contributed by atoms with van der Waals surface area (Å²) in [6, 6.07) is 7.92. The lowest BCUT2D eigenvalue weighted by atomic mass is 10.1. The number of pyridine rings is 1. The molecule has 2 unspecified atom stereocenters. The number of nitrogens with zero attached hydrogens (tertiary/aromatic N) is 1. The van der Waals surface area contributed by atoms with Crippen LogP contribution in [0.3, 0.4) is 0 Å². The largest absolute Gasteiger partial charge is 0.383 e. The molecule has 1 N–H and O–H groups in total. The minimum atomic E-state index is -2.42. The van der Waals surface area contributed by atoms with Crippen LogP contribution in [-0.4, -0.2) is 11.5 Å². The molecule has 21 heavy (non-hydrogen) atoms. The van der Waals surface area contributed by atoms with E-state index in [4.69, 9.17) is 0 Å². The lowest BCUT2D eigenvalue weighted by molar-refractivity contribution is 0.151. The highest BCUT2D eigenvalue weighted by atomic mass is 19.3. The van der Waals surface area contributed by atoms with Gasteiger partial charge in [-0.25, -0.2) is 13.2 Å². The van der Waals surface area contributed by atoms with Crippen LogP contribution in [0.2, 0.25) is 0 Å². The predicted molar refractivity (Wildman–Crippen MR) is 74.9 cm³/mol. The van der Waals surface area contributed by atoms with Crippen molar-refractivity contribution in [2.45, 2.75) is 18.8 Å². The smallest absolute Gasteiger partial charge is 0.263 e. The van der Waals surface area contributed by atoms with Crippen LogP contribution in [0.5, 0.6) is 0 Å². The summed E-state index contributed by atoms with van der Waals surface area (Å²) < 4.78 is 38.0. The van der Waals surface area contributed by atoms with Crippen LogP contribution < -0.4 is 5.32 Å². The number of hydrogen-bond acceptors (Lipinski definition) is 2. The first-order valence-corrected chi connectivity index (χ1v) is 6.86. The van der Waals surface area contributed by atoms with Gasteiger partial charge in [0.05, 0.1) is 18.1 Å². The zero-order valence-corrected chi connectivity index (χ0v) is 11.3. The van der Waals surface area contributed by atoms with Crippen LogP contribution in [0.15, 0.2) is 42.7 Å². The first-order valence-electron chi connectivity index (χ1n) is 6.86. The molecular weight excluding hydrogens is 277 g/mol. The Morgan fingerprint density at radius 2 is 1.95 bits per heavy atom. The second kappa shape index (κ2) is 5.76. The molecule has 1 saturated carbocycles. The van der Waals surface area contributed by atoms with E-state index in [0.717, 1.165) is 24.7 Å². The van der Waals surface area contributed by atoms with Crippen LogP contribution in [0.1, 0.15) is 29.9 Å². The van der Waals surface area contributed by atoms with Crippen molar-refractivity contribution in [1.29, 1.82) is 0 Å². The summed E-state index contributed by atoms with van der Waals surface area (Å²) in [6.45, 7) is 0.729. The second-order valence-electron chi connectivity index (χ2n) is 5.34. The number of halogens is 3. The molecule has 2 aromatic rings. The van der Waals surface area contributed by atoms with Crippen LogP contribution in [0.4, 0.5) is 18.9 Å². The fourth-order valence-corrected chi connectivity index (χ4v) is 2.53. The van der Waals surface area contributed by atoms with Gasteiger partial charge in [-0.1, -0.05) is 24.3 Å². The predicted octanol–water partition coefficient (Wildman–Crippen LogP) is 4.37. The third-order valence-corrected chi connectivity index (χ3v) is 3.81. The Morgan fingerprint density at radius 1 is 1.19 bits per heavy atom. The molecule has 110 valence electrons. The molecule has 1 aromatic heterocycles. The number of hydrogen-bond donors (Lipinski definition) is 1. The van der Waals surface area contributed by atoms with Gasteiger partial charge in [0.2, 0.25) is 0 Å². The fourth-order valence-electron chi connectivity index (χ4n) is 2.53. The van der Waals surface area contributed by atoms with E-state index in [0.29, 0.717) is 17.5 Å². The van der Waals surface area contributed by atoms with Gasteiger partial charge in [0.1, 0.15) is 5.82 Å². The standard InChI is InChI=1S/C16H15F3N2/c17-13-6-14(9-20-8-13)21-7-12-5-15(12)10-1-3-11(4-2-10)16(18)19/h1-4,6,8-9,12,15-16,21H,5,7H2. The lowest BCUT2D eigenvalue weighted by Crippen LogP contribution is -2.05. The molecule has 3 rings (SSSR count). The molecule has 1 aliphatic carbocycles. The maximum Gasteiger partial charge on any atom is 0.263 e. The molecule has 1 aromatic carbocycles. The van der Waals surface area contributed by atoms with Crippen molar-refractivity contribution in [3.63, 3.8) is 0 Å². The van der Waals surface area contributed by atoms with Crippen molar-refractivity contribution < 1.29 is 13.2 Å². The molecule has 2 nitrogen and oxygen atoms in total. The molecule has 0 amide bonds. The third-order valence-electron chi connectivity index (χ3n) is 3.81. The lowest BCUT2D eigenvalue weighted by Gasteiger charge is -2.06. The topological polar surface area (TPSA) is 24.9 Å². The van der Waals surface area contributed by atoms with E-state index >= 15 is 0 Å². The van der Waals surface area contributed by atoms with Crippen LogP contribution in [-0.2, 0) is 0 Å². The normalized spacial score (nSPS) is 20.6. The average Bonchev–Trinajstić information content (AvgIpc) is 3.25. The number of rotatable bonds is 5. The van der Waals surface area contributed by atoms with Gasteiger partial charge in [-0.3, -0.25) is 4.98 Å². The maximum atomic E-state index is 13.0. The number of benzene rings is 1. The highest BCUT2D eigenvalue weighted by Gasteiger charge is 2.37. The van der Waals surface area contributed by atoms with Gasteiger partial charge in [0.25, 0.3) is 6.43 Å². The Morgan fingerprint density at radius 3 is 2.62 bits per heavy atom. The average molecular weight is 292 g/mol. The molecule has 2 atom stereocenters. The van der Waals surface area contributed by atoms with Gasteiger partial charge in [0.15, 0.2) is 0 Å². The second-order valence-corrected chi connectivity index (χ2v) is 5.34. The molecular formula is C16H15F3N2. The monoisotopic (exact) mass is 292 g/mol. The Kier molecular flexibility index (Phi) is 3.82. The number of anilines is 1. The first-order chi connectivity index (χ1) is 10.1. The van der Waals surface area contributed by atoms with E-state index in [1.165, 1.54) is 18.2 Å². The van der Waals surface area contributed by atoms with Gasteiger partial charge < -0.3 is 5.32 Å². The Bertz CT molecular complexity index is 613. The van der Waals surface area contributed by atoms with E-state index in [2.05, 4.69) is 10.3 Å². The van der Waals surface area contributed by atoms with Crippen molar-refractivity contribution in [2.24, 2.45) is 5.92 Å². The molecule has 5 heteroatoms. The van der Waals surface area contributed by atoms with E-state index in [1.54, 1.807) is 18.3 Å². The fraction of sp³-hybridized carbons (Fsp3) is 0.312. The molecule has 0 radical (unpaired) electrons. The summed E-state index contributed by atoms with van der Waals surface area (Å²) in [6.07, 6.45) is 1.34. The Labute approximate surface area is 121 Å². The van der Waals surface area contributed by atoms with E-state index in [-0.39, 0.29) is 11.4 Å². The highest BCUT2D eigenvalue weighted by Crippen LogP contribution is 2.47. The highest BCUT2D eigenvalue weighted by molar-refractivity contribution is 5.41. The van der Waals surface area contributed by atoms with Gasteiger partial charge >= 0.3 is 0 Å². The van der Waals surface area contributed by atoms with Crippen molar-refractivity contribution >= 4 is 5.69 Å². The molecule has 1 fully saturated rings. The molecule has 0 bridgehead atoms. The molecule has 0 aliphatic heterocycles. The van der Waals surface area contributed by atoms with Crippen molar-refractivity contribution in [2.75, 3.05) is 11.9 Å². The molecule has 1 heterocycles. The maximum absolute atomic E-state index is 13.0. The van der Waals surface area contributed by atoms with Crippen LogP contribution >= 0.6 is 0 Å². The van der Waals surface area contributed by atoms with Gasteiger partial charge in [-0.15, -0.1) is 0 Å². The summed E-state index contributed by atoms with van der Waals surface area (Å²) in [5, 5.41) is 3.15. The Balaban J connectivity index is 1.54. The van der Waals surface area contributed by atoms with Gasteiger partial charge in [0, 0.05) is 18.2 Å².